The van der Waals surface area contributed by atoms with Gasteiger partial charge in [-0.1, -0.05) is 25.6 Å². The molecule has 1 amide bonds. The Hall–Kier alpha value is -4.99. The fourth-order valence-electron chi connectivity index (χ4n) is 5.97. The summed E-state index contributed by atoms with van der Waals surface area (Å²) in [5.41, 5.74) is 2.60. The minimum atomic E-state index is -0.656. The lowest BCUT2D eigenvalue weighted by molar-refractivity contribution is -0.128. The predicted molar refractivity (Wildman–Crippen MR) is 157 cm³/mol. The van der Waals surface area contributed by atoms with Crippen molar-refractivity contribution in [3.05, 3.63) is 70.4 Å². The largest absolute Gasteiger partial charge is 0.355 e. The van der Waals surface area contributed by atoms with Crippen molar-refractivity contribution in [2.45, 2.75) is 57.9 Å². The van der Waals surface area contributed by atoms with Crippen LogP contribution in [0.4, 0.5) is 10.2 Å². The average Bonchev–Trinajstić information content (AvgIpc) is 3.47. The van der Waals surface area contributed by atoms with Crippen LogP contribution in [-0.2, 0) is 17.6 Å². The molecule has 6 rings (SSSR count). The van der Waals surface area contributed by atoms with Gasteiger partial charge in [0.2, 0.25) is 5.91 Å². The Balaban J connectivity index is 1.62. The Labute approximate surface area is 247 Å². The van der Waals surface area contributed by atoms with Crippen molar-refractivity contribution in [1.29, 1.82) is 5.26 Å². The number of amides is 1. The first-order valence-electron chi connectivity index (χ1n) is 14.4. The van der Waals surface area contributed by atoms with Crippen molar-refractivity contribution in [2.75, 3.05) is 24.5 Å². The number of aryl methyl sites for hydroxylation is 2. The number of nitrogens with zero attached hydrogens (tertiary/aromatic N) is 10. The van der Waals surface area contributed by atoms with Gasteiger partial charge in [-0.05, 0) is 55.4 Å². The Bertz CT molecular complexity index is 1840. The summed E-state index contributed by atoms with van der Waals surface area (Å²) in [5, 5.41) is 18.1. The molecule has 1 fully saturated rings. The molecule has 12 nitrogen and oxygen atoms in total. The maximum absolute atomic E-state index is 15.9. The zero-order valence-corrected chi connectivity index (χ0v) is 24.1. The quantitative estimate of drug-likeness (QED) is 0.332. The number of nitriles is 1. The Morgan fingerprint density at radius 2 is 2.05 bits per heavy atom. The molecule has 6 heterocycles. The van der Waals surface area contributed by atoms with E-state index in [9.17, 15) is 14.9 Å². The van der Waals surface area contributed by atoms with Crippen LogP contribution < -0.4 is 10.6 Å². The molecule has 13 heteroatoms. The number of fused-ring (bicyclic) bond motifs is 6. The monoisotopic (exact) mass is 582 g/mol. The summed E-state index contributed by atoms with van der Waals surface area (Å²) in [6.07, 6.45) is 7.73. The first kappa shape index (κ1) is 28.1. The van der Waals surface area contributed by atoms with Gasteiger partial charge >= 0.3 is 5.69 Å². The lowest BCUT2D eigenvalue weighted by Crippen LogP contribution is -2.55. The van der Waals surface area contributed by atoms with Gasteiger partial charge in [0.15, 0.2) is 17.3 Å². The van der Waals surface area contributed by atoms with Gasteiger partial charge in [0, 0.05) is 25.8 Å². The predicted octanol–water partition coefficient (Wildman–Crippen LogP) is 3.01. The highest BCUT2D eigenvalue weighted by atomic mass is 19.1. The molecule has 4 aromatic heterocycles. The van der Waals surface area contributed by atoms with Crippen LogP contribution in [0, 0.1) is 17.1 Å². The van der Waals surface area contributed by atoms with E-state index >= 15 is 4.39 Å². The molecule has 4 aromatic rings. The van der Waals surface area contributed by atoms with Gasteiger partial charge in [-0.15, -0.1) is 5.10 Å². The molecule has 1 atom stereocenters. The maximum atomic E-state index is 15.9. The number of aromatic nitrogens is 7. The Morgan fingerprint density at radius 1 is 1.23 bits per heavy atom. The fourth-order valence-corrected chi connectivity index (χ4v) is 5.97. The molecule has 220 valence electrons. The van der Waals surface area contributed by atoms with Crippen molar-refractivity contribution in [2.24, 2.45) is 0 Å². The normalized spacial score (nSPS) is 16.8. The van der Waals surface area contributed by atoms with Crippen molar-refractivity contribution >= 4 is 22.8 Å². The summed E-state index contributed by atoms with van der Waals surface area (Å²) in [7, 11) is 0. The second kappa shape index (κ2) is 11.4. The van der Waals surface area contributed by atoms with E-state index in [1.165, 1.54) is 21.4 Å². The third-order valence-electron chi connectivity index (χ3n) is 8.04. The second-order valence-corrected chi connectivity index (χ2v) is 11.1. The van der Waals surface area contributed by atoms with E-state index in [4.69, 9.17) is 4.98 Å². The number of carbonyl (C=O) groups excluding carboxylic acids is 1. The minimum Gasteiger partial charge on any atom is -0.352 e. The molecule has 0 aromatic carbocycles. The topological polar surface area (TPSA) is 139 Å². The van der Waals surface area contributed by atoms with Crippen LogP contribution in [0.3, 0.4) is 0 Å². The van der Waals surface area contributed by atoms with E-state index in [2.05, 4.69) is 32.9 Å². The molecular formula is C30H31FN10O2. The van der Waals surface area contributed by atoms with Crippen LogP contribution in [-0.4, -0.2) is 71.0 Å². The molecule has 4 bridgehead atoms. The van der Waals surface area contributed by atoms with Gasteiger partial charge in [-0.3, -0.25) is 9.78 Å². The fraction of sp³-hybridized carbons (Fsp3) is 0.400. The SMILES string of the molecule is C=CC(=O)N1CCN(c2nc(=O)n3c4nc(c(F)cc24)-n2cc(nn2)CCCCc2ccnc(C(C)C)c2-3)CC1CC#N. The van der Waals surface area contributed by atoms with Gasteiger partial charge in [0.1, 0.15) is 5.82 Å². The molecule has 43 heavy (non-hydrogen) atoms. The first-order valence-corrected chi connectivity index (χ1v) is 14.4. The number of anilines is 1. The lowest BCUT2D eigenvalue weighted by Gasteiger charge is -2.41. The molecule has 0 spiro atoms. The second-order valence-electron chi connectivity index (χ2n) is 11.1. The van der Waals surface area contributed by atoms with Crippen LogP contribution >= 0.6 is 0 Å². The van der Waals surface area contributed by atoms with Crippen LogP contribution in [0.25, 0.3) is 22.5 Å². The summed E-state index contributed by atoms with van der Waals surface area (Å²) in [6, 6.07) is 4.91. The Morgan fingerprint density at radius 3 is 2.81 bits per heavy atom. The van der Waals surface area contributed by atoms with Gasteiger partial charge in [0.05, 0.1) is 47.2 Å². The summed E-state index contributed by atoms with van der Waals surface area (Å²) in [5.74, 6) is -0.803. The van der Waals surface area contributed by atoms with Gasteiger partial charge in [0.25, 0.3) is 0 Å². The summed E-state index contributed by atoms with van der Waals surface area (Å²) < 4.78 is 18.6. The standard InChI is InChI=1S/C30H31FN10O2/c1-4-24(42)39-14-13-38(17-21(39)9-11-32)27-22-15-23(31)29-34-28(22)41(30(43)35-27)26-19(10-12-33-25(26)18(2)3)7-5-6-8-20-16-40(29)37-36-20/h4,10,12,15-16,18,21H,1,5-9,13-14,17H2,2-3H3. The van der Waals surface area contributed by atoms with E-state index in [0.717, 1.165) is 24.1 Å². The van der Waals surface area contributed by atoms with Gasteiger partial charge in [-0.2, -0.15) is 14.9 Å². The number of halogens is 1. The van der Waals surface area contributed by atoms with Crippen LogP contribution in [0.15, 0.2) is 42.0 Å². The van der Waals surface area contributed by atoms with E-state index in [-0.39, 0.29) is 48.6 Å². The molecular weight excluding hydrogens is 551 g/mol. The smallest absolute Gasteiger partial charge is 0.352 e. The number of hydrogen-bond donors (Lipinski definition) is 0. The highest BCUT2D eigenvalue weighted by Crippen LogP contribution is 2.32. The number of rotatable bonds is 4. The molecule has 1 unspecified atom stereocenters. The van der Waals surface area contributed by atoms with E-state index in [1.807, 2.05) is 24.8 Å². The van der Waals surface area contributed by atoms with E-state index < -0.39 is 17.5 Å². The number of pyridine rings is 2. The molecule has 2 aliphatic heterocycles. The van der Waals surface area contributed by atoms with Gasteiger partial charge in [-0.25, -0.2) is 18.7 Å². The molecule has 0 radical (unpaired) electrons. The lowest BCUT2D eigenvalue weighted by atomic mass is 9.99. The third-order valence-corrected chi connectivity index (χ3v) is 8.04. The number of hydrogen-bond acceptors (Lipinski definition) is 9. The van der Waals surface area contributed by atoms with Crippen molar-refractivity contribution in [1.82, 2.24) is 39.4 Å². The summed E-state index contributed by atoms with van der Waals surface area (Å²) in [4.78, 5) is 43.9. The maximum Gasteiger partial charge on any atom is 0.355 e. The first-order chi connectivity index (χ1) is 20.8. The zero-order chi connectivity index (χ0) is 30.2. The van der Waals surface area contributed by atoms with Gasteiger partial charge < -0.3 is 9.80 Å². The van der Waals surface area contributed by atoms with Crippen LogP contribution in [0.1, 0.15) is 56.0 Å². The number of carbonyl (C=O) groups is 1. The summed E-state index contributed by atoms with van der Waals surface area (Å²) in [6.45, 7) is 8.42. The van der Waals surface area contributed by atoms with E-state index in [0.29, 0.717) is 36.2 Å². The number of piperazine rings is 1. The highest BCUT2D eigenvalue weighted by Gasteiger charge is 2.32. The highest BCUT2D eigenvalue weighted by molar-refractivity contribution is 5.90. The van der Waals surface area contributed by atoms with Crippen molar-refractivity contribution < 1.29 is 9.18 Å². The molecule has 2 aliphatic rings. The molecule has 0 N–H and O–H groups in total. The van der Waals surface area contributed by atoms with E-state index in [1.54, 1.807) is 17.3 Å². The molecule has 1 saturated heterocycles. The van der Waals surface area contributed by atoms with Crippen LogP contribution in [0.5, 0.6) is 0 Å². The molecule has 0 aliphatic carbocycles. The zero-order valence-electron chi connectivity index (χ0n) is 24.1. The average molecular weight is 583 g/mol. The van der Waals surface area contributed by atoms with Crippen molar-refractivity contribution in [3.63, 3.8) is 0 Å². The summed E-state index contributed by atoms with van der Waals surface area (Å²) >= 11 is 0. The minimum absolute atomic E-state index is 0.0214. The Kier molecular flexibility index (Phi) is 7.43. The van der Waals surface area contributed by atoms with Crippen LogP contribution in [0.2, 0.25) is 0 Å². The molecule has 0 saturated carbocycles. The van der Waals surface area contributed by atoms with Crippen molar-refractivity contribution in [3.8, 4) is 17.6 Å². The third kappa shape index (κ3) is 5.03.